The first-order valence-electron chi connectivity index (χ1n) is 17.7. The first-order valence-corrected chi connectivity index (χ1v) is 20.1. The van der Waals surface area contributed by atoms with Crippen molar-refractivity contribution in [1.29, 1.82) is 0 Å². The van der Waals surface area contributed by atoms with Gasteiger partial charge < -0.3 is 36.6 Å². The van der Waals surface area contributed by atoms with Gasteiger partial charge >= 0.3 is 5.97 Å². The number of nitrogens with two attached hydrogens (primary N) is 1. The molecule has 2 aliphatic carbocycles. The number of hydrogen-bond acceptors (Lipinski definition) is 7. The Bertz CT molecular complexity index is 2150. The van der Waals surface area contributed by atoms with Crippen molar-refractivity contribution in [3.8, 4) is 0 Å². The number of fused-ring (bicyclic) bond motifs is 2. The average molecular weight is 944 g/mol. The monoisotopic (exact) mass is 940 g/mol. The summed E-state index contributed by atoms with van der Waals surface area (Å²) in [6.45, 7) is 2.41. The van der Waals surface area contributed by atoms with Gasteiger partial charge in [-0.15, -0.1) is 0 Å². The highest BCUT2D eigenvalue weighted by Gasteiger charge is 2.32. The number of nitrogen functional groups attached to an aromatic ring is 1. The third-order valence-electron chi connectivity index (χ3n) is 8.66. The number of amides is 3. The van der Waals surface area contributed by atoms with Crippen molar-refractivity contribution in [3.63, 3.8) is 0 Å². The molecule has 6 rings (SSSR count). The van der Waals surface area contributed by atoms with Crippen LogP contribution in [0, 0.1) is 0 Å². The minimum absolute atomic E-state index is 0.158. The molecule has 0 fully saturated rings. The molecule has 3 amide bonds. The minimum Gasteiger partial charge on any atom is -0.478 e. The summed E-state index contributed by atoms with van der Waals surface area (Å²) in [5.41, 5.74) is 11.4. The zero-order valence-electron chi connectivity index (χ0n) is 31.9. The van der Waals surface area contributed by atoms with Gasteiger partial charge in [-0.25, -0.2) is 4.79 Å². The number of nitrogens with one attached hydrogen (secondary N) is 3. The molecule has 0 unspecified atom stereocenters. The standard InChI is InChI=1S/C21H21BrClN3O2.C15H17BrN2O3.C6H6ClN/c1-26(2)10-9-24-21(28)19-17-8-3-14(22)11-13(17)12-18(19)20(27)25-16-6-4-15(23)5-7-16;1-18(2)6-5-17-14(19)13-11-4-3-10(16)7-9(11)8-12(13)15(20)21;7-5-1-3-6(8)4-2-5/h3-8,11H,9-10,12H2,1-2H3,(H,24,28)(H,25,27);3-4,7H,5-6,8H2,1-2H3,(H,17,19)(H,20,21);1-4H,8H2. The predicted octanol–water partition coefficient (Wildman–Crippen LogP) is 7.17. The van der Waals surface area contributed by atoms with Crippen molar-refractivity contribution in [2.75, 3.05) is 65.4 Å². The van der Waals surface area contributed by atoms with Crippen LogP contribution in [0.2, 0.25) is 10.0 Å². The Hall–Kier alpha value is -4.50. The Morgan fingerprint density at radius 2 is 1.07 bits per heavy atom. The molecule has 4 aromatic rings. The summed E-state index contributed by atoms with van der Waals surface area (Å²) in [6, 6.07) is 25.1. The van der Waals surface area contributed by atoms with E-state index >= 15 is 0 Å². The highest BCUT2D eigenvalue weighted by molar-refractivity contribution is 9.10. The number of carboxylic acids is 1. The summed E-state index contributed by atoms with van der Waals surface area (Å²) >= 11 is 18.3. The highest BCUT2D eigenvalue weighted by atomic mass is 79.9. The van der Waals surface area contributed by atoms with Crippen LogP contribution in [-0.4, -0.2) is 93.0 Å². The van der Waals surface area contributed by atoms with Gasteiger partial charge in [-0.2, -0.15) is 0 Å². The second kappa shape index (κ2) is 21.3. The van der Waals surface area contributed by atoms with E-state index in [-0.39, 0.29) is 35.3 Å². The van der Waals surface area contributed by atoms with Crippen LogP contribution in [0.25, 0.3) is 11.1 Å². The maximum Gasteiger partial charge on any atom is 0.332 e. The van der Waals surface area contributed by atoms with Crippen molar-refractivity contribution >= 4 is 101 Å². The van der Waals surface area contributed by atoms with Gasteiger partial charge in [0, 0.05) is 75.0 Å². The molecule has 6 N–H and O–H groups in total. The van der Waals surface area contributed by atoms with Crippen LogP contribution in [0.15, 0.2) is 105 Å². The van der Waals surface area contributed by atoms with E-state index in [9.17, 15) is 24.3 Å². The van der Waals surface area contributed by atoms with Gasteiger partial charge in [0.25, 0.3) is 17.7 Å². The number of aliphatic carboxylic acids is 1. The lowest BCUT2D eigenvalue weighted by Gasteiger charge is -2.13. The first-order chi connectivity index (χ1) is 27.0. The number of carboxylic acid groups (broad SMARTS) is 1. The lowest BCUT2D eigenvalue weighted by atomic mass is 10.0. The topological polar surface area (TPSA) is 157 Å². The lowest BCUT2D eigenvalue weighted by Crippen LogP contribution is -2.32. The molecule has 300 valence electrons. The van der Waals surface area contributed by atoms with Crippen molar-refractivity contribution in [3.05, 3.63) is 137 Å². The van der Waals surface area contributed by atoms with E-state index in [0.717, 1.165) is 42.9 Å². The van der Waals surface area contributed by atoms with Crippen LogP contribution in [0.1, 0.15) is 22.3 Å². The second-order valence-electron chi connectivity index (χ2n) is 13.6. The number of nitrogens with zero attached hydrogens (tertiary/aromatic N) is 2. The quantitative estimate of drug-likeness (QED) is 0.0992. The molecule has 0 heterocycles. The molecular weight excluding hydrogens is 899 g/mol. The summed E-state index contributed by atoms with van der Waals surface area (Å²) in [4.78, 5) is 53.5. The summed E-state index contributed by atoms with van der Waals surface area (Å²) in [6.07, 6.45) is 0.686. The van der Waals surface area contributed by atoms with Crippen LogP contribution in [0.3, 0.4) is 0 Å². The van der Waals surface area contributed by atoms with Gasteiger partial charge in [0.05, 0.1) is 16.7 Å². The highest BCUT2D eigenvalue weighted by Crippen LogP contribution is 2.36. The van der Waals surface area contributed by atoms with Crippen molar-refractivity contribution < 1.29 is 24.3 Å². The van der Waals surface area contributed by atoms with Gasteiger partial charge in [-0.3, -0.25) is 14.4 Å². The molecule has 2 aliphatic rings. The van der Waals surface area contributed by atoms with E-state index in [4.69, 9.17) is 28.9 Å². The van der Waals surface area contributed by atoms with E-state index in [1.54, 1.807) is 54.6 Å². The maximum atomic E-state index is 12.9. The van der Waals surface area contributed by atoms with E-state index in [0.29, 0.717) is 53.5 Å². The fourth-order valence-corrected chi connectivity index (χ4v) is 6.92. The van der Waals surface area contributed by atoms with Crippen LogP contribution >= 0.6 is 55.1 Å². The number of anilines is 2. The molecule has 0 atom stereocenters. The molecule has 0 saturated heterocycles. The Kier molecular flexibility index (Phi) is 16.9. The molecule has 4 aromatic carbocycles. The van der Waals surface area contributed by atoms with Gasteiger partial charge in [0.2, 0.25) is 0 Å². The largest absolute Gasteiger partial charge is 0.478 e. The SMILES string of the molecule is CN(C)CCNC(=O)C1=C(C(=O)Nc2ccc(Cl)cc2)Cc2cc(Br)ccc21.CN(C)CCNC(=O)C1=C(C(=O)O)Cc2cc(Br)ccc21.Nc1ccc(Cl)cc1. The lowest BCUT2D eigenvalue weighted by molar-refractivity contribution is -0.133. The van der Waals surface area contributed by atoms with Gasteiger partial charge in [-0.1, -0.05) is 67.2 Å². The Balaban J connectivity index is 0.000000217. The number of halogens is 4. The maximum absolute atomic E-state index is 12.9. The number of rotatable bonds is 11. The zero-order valence-corrected chi connectivity index (χ0v) is 36.6. The van der Waals surface area contributed by atoms with Gasteiger partial charge in [-0.05, 0) is 123 Å². The fraction of sp³-hybridized carbons (Fsp3) is 0.238. The molecule has 0 bridgehead atoms. The Morgan fingerprint density at radius 1 is 0.649 bits per heavy atom. The molecule has 0 aromatic heterocycles. The van der Waals surface area contributed by atoms with Crippen LogP contribution in [0.4, 0.5) is 11.4 Å². The normalized spacial score (nSPS) is 12.6. The van der Waals surface area contributed by atoms with E-state index in [1.807, 2.05) is 68.3 Å². The van der Waals surface area contributed by atoms with E-state index < -0.39 is 5.97 Å². The summed E-state index contributed by atoms with van der Waals surface area (Å²) in [5.74, 6) is -1.88. The molecule has 0 radical (unpaired) electrons. The van der Waals surface area contributed by atoms with E-state index in [2.05, 4.69) is 47.8 Å². The number of likely N-dealkylation sites (N-methyl/N-ethyl adjacent to an activating group) is 2. The summed E-state index contributed by atoms with van der Waals surface area (Å²) in [7, 11) is 7.71. The summed E-state index contributed by atoms with van der Waals surface area (Å²) in [5, 5.41) is 19.2. The molecule has 0 saturated carbocycles. The second-order valence-corrected chi connectivity index (χ2v) is 16.3. The van der Waals surface area contributed by atoms with Gasteiger partial charge in [0.15, 0.2) is 0 Å². The number of benzene rings is 4. The Morgan fingerprint density at radius 3 is 1.49 bits per heavy atom. The van der Waals surface area contributed by atoms with Gasteiger partial charge in [0.1, 0.15) is 0 Å². The van der Waals surface area contributed by atoms with Crippen molar-refractivity contribution in [2.24, 2.45) is 0 Å². The van der Waals surface area contributed by atoms with Crippen molar-refractivity contribution in [1.82, 2.24) is 20.4 Å². The number of carbonyl (C=O) groups is 4. The molecule has 0 spiro atoms. The zero-order chi connectivity index (χ0) is 41.8. The van der Waals surface area contributed by atoms with Crippen molar-refractivity contribution in [2.45, 2.75) is 12.8 Å². The molecule has 0 aliphatic heterocycles. The molecule has 57 heavy (non-hydrogen) atoms. The Labute approximate surface area is 359 Å². The smallest absolute Gasteiger partial charge is 0.332 e. The predicted molar refractivity (Wildman–Crippen MR) is 236 cm³/mol. The first kappa shape index (κ1) is 45.2. The van der Waals surface area contributed by atoms with Crippen LogP contribution in [0.5, 0.6) is 0 Å². The fourth-order valence-electron chi connectivity index (χ4n) is 5.85. The molecular formula is C42H44Br2Cl2N6O5. The minimum atomic E-state index is -1.04. The third kappa shape index (κ3) is 13.3. The average Bonchev–Trinajstić information content (AvgIpc) is 3.73. The summed E-state index contributed by atoms with van der Waals surface area (Å²) < 4.78 is 1.79. The number of hydrogen-bond donors (Lipinski definition) is 5. The molecule has 11 nitrogen and oxygen atoms in total. The van der Waals surface area contributed by atoms with E-state index in [1.165, 1.54) is 0 Å². The number of carbonyl (C=O) groups excluding carboxylic acids is 3. The van der Waals surface area contributed by atoms with Crippen LogP contribution in [-0.2, 0) is 32.0 Å². The third-order valence-corrected chi connectivity index (χ3v) is 10.1. The van der Waals surface area contributed by atoms with Crippen LogP contribution < -0.4 is 21.7 Å². The molecule has 15 heteroatoms.